The van der Waals surface area contributed by atoms with E-state index in [1.165, 1.54) is 0 Å². The number of aryl methyl sites for hydroxylation is 1. The first kappa shape index (κ1) is 17.4. The Balaban J connectivity index is 1.72. The molecule has 2 aromatic carbocycles. The van der Waals surface area contributed by atoms with Gasteiger partial charge in [-0.3, -0.25) is 4.90 Å². The molecule has 2 fully saturated rings. The van der Waals surface area contributed by atoms with Gasteiger partial charge in [-0.15, -0.1) is 0 Å². The number of rotatable bonds is 3. The van der Waals surface area contributed by atoms with E-state index in [1.807, 2.05) is 49.4 Å². The smallest absolute Gasteiger partial charge is 0.314 e. The summed E-state index contributed by atoms with van der Waals surface area (Å²) in [5, 5.41) is 0.564. The number of hydrogen-bond acceptors (Lipinski definition) is 3. The molecule has 26 heavy (non-hydrogen) atoms. The number of nitrogens with zero attached hydrogens (tertiary/aromatic N) is 2. The van der Waals surface area contributed by atoms with Crippen LogP contribution in [0.15, 0.2) is 48.5 Å². The molecule has 0 unspecified atom stereocenters. The molecule has 0 bridgehead atoms. The van der Waals surface area contributed by atoms with E-state index in [2.05, 4.69) is 0 Å². The van der Waals surface area contributed by atoms with E-state index in [-0.39, 0.29) is 29.6 Å². The monoisotopic (exact) mass is 390 g/mol. The van der Waals surface area contributed by atoms with E-state index in [0.29, 0.717) is 17.3 Å². The molecule has 0 N–H and O–H groups in total. The molecule has 2 atom stereocenters. The lowest BCUT2D eigenvalue weighted by Gasteiger charge is -2.23. The predicted molar refractivity (Wildman–Crippen MR) is 102 cm³/mol. The van der Waals surface area contributed by atoms with Gasteiger partial charge in [0.05, 0.1) is 23.6 Å². The van der Waals surface area contributed by atoms with Crippen LogP contribution in [0.2, 0.25) is 5.02 Å². The second kappa shape index (κ2) is 6.28. The number of anilines is 1. The maximum atomic E-state index is 13.1. The van der Waals surface area contributed by atoms with Crippen molar-refractivity contribution in [3.63, 3.8) is 0 Å². The molecule has 2 aliphatic heterocycles. The highest BCUT2D eigenvalue weighted by Gasteiger charge is 2.53. The van der Waals surface area contributed by atoms with Gasteiger partial charge in [0.1, 0.15) is 0 Å². The molecule has 0 spiro atoms. The van der Waals surface area contributed by atoms with Gasteiger partial charge in [0, 0.05) is 17.3 Å². The lowest BCUT2D eigenvalue weighted by molar-refractivity contribution is 0.206. The summed E-state index contributed by atoms with van der Waals surface area (Å²) in [7, 11) is -3.18. The van der Waals surface area contributed by atoms with E-state index in [1.54, 1.807) is 15.9 Å². The zero-order chi connectivity index (χ0) is 18.5. The van der Waals surface area contributed by atoms with Gasteiger partial charge < -0.3 is 4.90 Å². The Hall–Kier alpha value is -2.05. The van der Waals surface area contributed by atoms with E-state index in [4.69, 9.17) is 11.6 Å². The third kappa shape index (κ3) is 2.97. The van der Waals surface area contributed by atoms with Gasteiger partial charge in [0.25, 0.3) is 0 Å². The Kier molecular flexibility index (Phi) is 4.20. The molecule has 2 amide bonds. The standard InChI is InChI=1S/C19H19ClN2O3S/c1-13-7-8-15(9-16(13)20)22-18-12-26(24,25)11-17(18)21(19(22)23)10-14-5-3-2-4-6-14/h2-9,17-18H,10-12H2,1H3/t17-,18+/m1/s1. The fourth-order valence-electron chi connectivity index (χ4n) is 3.78. The van der Waals surface area contributed by atoms with Crippen LogP contribution in [0.3, 0.4) is 0 Å². The Morgan fingerprint density at radius 2 is 1.77 bits per heavy atom. The fourth-order valence-corrected chi connectivity index (χ4v) is 5.90. The molecule has 136 valence electrons. The topological polar surface area (TPSA) is 57.7 Å². The Morgan fingerprint density at radius 3 is 2.46 bits per heavy atom. The summed E-state index contributed by atoms with van der Waals surface area (Å²) in [6.45, 7) is 2.29. The zero-order valence-corrected chi connectivity index (χ0v) is 15.9. The number of carbonyl (C=O) groups excluding carboxylic acids is 1. The lowest BCUT2D eigenvalue weighted by atomic mass is 10.1. The molecule has 0 radical (unpaired) electrons. The maximum Gasteiger partial charge on any atom is 0.325 e. The number of amides is 2. The number of hydrogen-bond donors (Lipinski definition) is 0. The van der Waals surface area contributed by atoms with Crippen molar-refractivity contribution in [1.29, 1.82) is 0 Å². The normalized spacial score (nSPS) is 24.2. The molecule has 2 aromatic rings. The molecule has 0 aliphatic carbocycles. The second-order valence-electron chi connectivity index (χ2n) is 6.91. The maximum absolute atomic E-state index is 13.1. The largest absolute Gasteiger partial charge is 0.325 e. The molecular weight excluding hydrogens is 372 g/mol. The zero-order valence-electron chi connectivity index (χ0n) is 14.3. The number of carbonyl (C=O) groups is 1. The minimum absolute atomic E-state index is 0.00628. The van der Waals surface area contributed by atoms with Gasteiger partial charge in [-0.2, -0.15) is 0 Å². The molecule has 5 nitrogen and oxygen atoms in total. The summed E-state index contributed by atoms with van der Waals surface area (Å²) in [5.74, 6) is -0.00742. The van der Waals surface area contributed by atoms with E-state index < -0.39 is 9.84 Å². The summed E-state index contributed by atoms with van der Waals surface area (Å²) < 4.78 is 24.5. The van der Waals surface area contributed by atoms with Crippen LogP contribution < -0.4 is 4.90 Å². The van der Waals surface area contributed by atoms with Crippen LogP contribution in [0.5, 0.6) is 0 Å². The molecule has 4 rings (SSSR count). The first-order valence-corrected chi connectivity index (χ1v) is 10.7. The summed E-state index contributed by atoms with van der Waals surface area (Å²) in [5.41, 5.74) is 2.54. The Bertz CT molecular complexity index is 962. The van der Waals surface area contributed by atoms with E-state index in [9.17, 15) is 13.2 Å². The highest BCUT2D eigenvalue weighted by atomic mass is 35.5. The van der Waals surface area contributed by atoms with Crippen LogP contribution in [0, 0.1) is 6.92 Å². The third-order valence-electron chi connectivity index (χ3n) is 5.11. The molecule has 7 heteroatoms. The van der Waals surface area contributed by atoms with E-state index >= 15 is 0 Å². The molecule has 2 saturated heterocycles. The van der Waals surface area contributed by atoms with Crippen molar-refractivity contribution in [3.05, 3.63) is 64.7 Å². The Labute approximate surface area is 158 Å². The summed E-state index contributed by atoms with van der Waals surface area (Å²) in [6.07, 6.45) is 0. The van der Waals surface area contributed by atoms with Gasteiger partial charge in [-0.05, 0) is 30.2 Å². The predicted octanol–water partition coefficient (Wildman–Crippen LogP) is 3.26. The van der Waals surface area contributed by atoms with Crippen molar-refractivity contribution in [2.24, 2.45) is 0 Å². The second-order valence-corrected chi connectivity index (χ2v) is 9.47. The molecule has 0 aromatic heterocycles. The number of sulfone groups is 1. The highest BCUT2D eigenvalue weighted by Crippen LogP contribution is 2.37. The van der Waals surface area contributed by atoms with Gasteiger partial charge >= 0.3 is 6.03 Å². The van der Waals surface area contributed by atoms with Crippen LogP contribution in [0.4, 0.5) is 10.5 Å². The summed E-state index contributed by atoms with van der Waals surface area (Å²) in [4.78, 5) is 16.4. The van der Waals surface area contributed by atoms with Crippen LogP contribution >= 0.6 is 11.6 Å². The Morgan fingerprint density at radius 1 is 1.08 bits per heavy atom. The minimum atomic E-state index is -3.18. The first-order chi connectivity index (χ1) is 12.4. The SMILES string of the molecule is Cc1ccc(N2C(=O)N(Cc3ccccc3)[C@@H]3CS(=O)(=O)C[C@@H]32)cc1Cl. The van der Waals surface area contributed by atoms with Gasteiger partial charge in [0.2, 0.25) is 0 Å². The van der Waals surface area contributed by atoms with E-state index in [0.717, 1.165) is 11.1 Å². The van der Waals surface area contributed by atoms with Crippen LogP contribution in [-0.4, -0.2) is 42.9 Å². The average molecular weight is 391 g/mol. The number of fused-ring (bicyclic) bond motifs is 1. The summed E-state index contributed by atoms with van der Waals surface area (Å²) >= 11 is 6.24. The molecule has 0 saturated carbocycles. The number of halogens is 1. The number of urea groups is 1. The highest BCUT2D eigenvalue weighted by molar-refractivity contribution is 7.91. The van der Waals surface area contributed by atoms with Crippen molar-refractivity contribution >= 4 is 33.2 Å². The van der Waals surface area contributed by atoms with Crippen LogP contribution in [-0.2, 0) is 16.4 Å². The van der Waals surface area contributed by atoms with Gasteiger partial charge in [-0.1, -0.05) is 48.0 Å². The molecular formula is C19H19ClN2O3S. The van der Waals surface area contributed by atoms with Gasteiger partial charge in [-0.25, -0.2) is 13.2 Å². The first-order valence-electron chi connectivity index (χ1n) is 8.46. The van der Waals surface area contributed by atoms with Crippen molar-refractivity contribution in [3.8, 4) is 0 Å². The summed E-state index contributed by atoms with van der Waals surface area (Å²) in [6, 6.07) is 14.2. The van der Waals surface area contributed by atoms with Crippen LogP contribution in [0.25, 0.3) is 0 Å². The average Bonchev–Trinajstić information content (AvgIpc) is 3.02. The fraction of sp³-hybridized carbons (Fsp3) is 0.316. The third-order valence-corrected chi connectivity index (χ3v) is 7.21. The quantitative estimate of drug-likeness (QED) is 0.756. The lowest BCUT2D eigenvalue weighted by Crippen LogP contribution is -2.37. The molecule has 2 heterocycles. The van der Waals surface area contributed by atoms with Gasteiger partial charge in [0.15, 0.2) is 9.84 Å². The number of benzene rings is 2. The van der Waals surface area contributed by atoms with Crippen molar-refractivity contribution in [2.75, 3.05) is 16.4 Å². The molecule has 2 aliphatic rings. The van der Waals surface area contributed by atoms with Crippen LogP contribution in [0.1, 0.15) is 11.1 Å². The van der Waals surface area contributed by atoms with Crippen molar-refractivity contribution < 1.29 is 13.2 Å². The van der Waals surface area contributed by atoms with Crippen molar-refractivity contribution in [1.82, 2.24) is 4.90 Å². The van der Waals surface area contributed by atoms with Crippen molar-refractivity contribution in [2.45, 2.75) is 25.6 Å². The minimum Gasteiger partial charge on any atom is -0.314 e.